The molecule has 5 heteroatoms. The molecule has 0 aliphatic heterocycles. The van der Waals surface area contributed by atoms with E-state index in [2.05, 4.69) is 10.3 Å². The molecular formula is C9H12N2O3. The van der Waals surface area contributed by atoms with Crippen LogP contribution in [-0.2, 0) is 0 Å². The quantitative estimate of drug-likeness (QED) is 0.756. The molecule has 0 atom stereocenters. The number of pyridine rings is 1. The van der Waals surface area contributed by atoms with Crippen LogP contribution in [0.2, 0.25) is 0 Å². The van der Waals surface area contributed by atoms with Gasteiger partial charge in [-0.15, -0.1) is 0 Å². The summed E-state index contributed by atoms with van der Waals surface area (Å²) in [5.74, 6) is 0.288. The zero-order valence-electron chi connectivity index (χ0n) is 8.29. The van der Waals surface area contributed by atoms with Crippen LogP contribution in [0.25, 0.3) is 0 Å². The molecule has 0 aliphatic rings. The molecule has 1 aromatic heterocycles. The van der Waals surface area contributed by atoms with Gasteiger partial charge >= 0.3 is 6.09 Å². The maximum Gasteiger partial charge on any atom is 0.409 e. The topological polar surface area (TPSA) is 71.5 Å². The minimum absolute atomic E-state index is 0.288. The van der Waals surface area contributed by atoms with Gasteiger partial charge < -0.3 is 9.84 Å². The molecule has 1 aromatic rings. The third-order valence-corrected chi connectivity index (χ3v) is 1.87. The average Bonchev–Trinajstić information content (AvgIpc) is 2.10. The number of nitrogens with zero attached hydrogens (tertiary/aromatic N) is 1. The van der Waals surface area contributed by atoms with Crippen molar-refractivity contribution in [1.82, 2.24) is 4.98 Å². The number of methoxy groups -OCH3 is 1. The van der Waals surface area contributed by atoms with Crippen LogP contribution in [0.5, 0.6) is 5.88 Å². The molecule has 0 spiro atoms. The lowest BCUT2D eigenvalue weighted by molar-refractivity contribution is 0.209. The molecule has 76 valence electrons. The zero-order chi connectivity index (χ0) is 10.7. The van der Waals surface area contributed by atoms with Crippen molar-refractivity contribution in [3.05, 3.63) is 17.3 Å². The van der Waals surface area contributed by atoms with Crippen LogP contribution in [0.15, 0.2) is 6.07 Å². The predicted molar refractivity (Wildman–Crippen MR) is 51.9 cm³/mol. The molecule has 2 N–H and O–H groups in total. The molecule has 1 amide bonds. The van der Waals surface area contributed by atoms with Gasteiger partial charge in [-0.1, -0.05) is 0 Å². The zero-order valence-corrected chi connectivity index (χ0v) is 8.29. The van der Waals surface area contributed by atoms with Gasteiger partial charge in [-0.3, -0.25) is 5.32 Å². The first-order valence-corrected chi connectivity index (χ1v) is 4.06. The summed E-state index contributed by atoms with van der Waals surface area (Å²) < 4.78 is 4.95. The molecule has 0 fully saturated rings. The summed E-state index contributed by atoms with van der Waals surface area (Å²) in [6, 6.07) is 1.69. The van der Waals surface area contributed by atoms with Gasteiger partial charge in [-0.05, 0) is 25.5 Å². The van der Waals surface area contributed by atoms with Crippen molar-refractivity contribution in [3.8, 4) is 5.88 Å². The average molecular weight is 196 g/mol. The van der Waals surface area contributed by atoms with Gasteiger partial charge in [0.15, 0.2) is 0 Å². The van der Waals surface area contributed by atoms with Crippen molar-refractivity contribution in [1.29, 1.82) is 0 Å². The van der Waals surface area contributed by atoms with Gasteiger partial charge in [0.05, 0.1) is 7.11 Å². The Hall–Kier alpha value is -1.78. The Morgan fingerprint density at radius 1 is 1.57 bits per heavy atom. The maximum absolute atomic E-state index is 10.4. The van der Waals surface area contributed by atoms with E-state index in [1.807, 2.05) is 13.8 Å². The lowest BCUT2D eigenvalue weighted by Gasteiger charge is -2.09. The van der Waals surface area contributed by atoms with Gasteiger partial charge in [0.2, 0.25) is 5.88 Å². The molecule has 0 radical (unpaired) electrons. The van der Waals surface area contributed by atoms with E-state index in [0.717, 1.165) is 11.3 Å². The summed E-state index contributed by atoms with van der Waals surface area (Å²) in [5.41, 5.74) is 2.09. The Bertz CT molecular complexity index is 363. The minimum atomic E-state index is -1.13. The molecular weight excluding hydrogens is 184 g/mol. The number of hydrogen-bond donors (Lipinski definition) is 2. The highest BCUT2D eigenvalue weighted by molar-refractivity contribution is 5.84. The van der Waals surface area contributed by atoms with Crippen LogP contribution in [-0.4, -0.2) is 23.3 Å². The van der Waals surface area contributed by atoms with Gasteiger partial charge in [-0.2, -0.15) is 0 Å². The van der Waals surface area contributed by atoms with Crippen molar-refractivity contribution < 1.29 is 14.6 Å². The Labute approximate surface area is 81.7 Å². The molecule has 0 bridgehead atoms. The van der Waals surface area contributed by atoms with Crippen LogP contribution in [0, 0.1) is 13.8 Å². The van der Waals surface area contributed by atoms with E-state index >= 15 is 0 Å². The fourth-order valence-corrected chi connectivity index (χ4v) is 1.04. The largest absolute Gasteiger partial charge is 0.480 e. The van der Waals surface area contributed by atoms with E-state index in [4.69, 9.17) is 9.84 Å². The summed E-state index contributed by atoms with van der Waals surface area (Å²) >= 11 is 0. The Morgan fingerprint density at radius 2 is 2.21 bits per heavy atom. The summed E-state index contributed by atoms with van der Waals surface area (Å²) in [7, 11) is 1.45. The second-order valence-electron chi connectivity index (χ2n) is 2.88. The van der Waals surface area contributed by atoms with E-state index in [-0.39, 0.29) is 5.88 Å². The van der Waals surface area contributed by atoms with Gasteiger partial charge in [-0.25, -0.2) is 9.78 Å². The van der Waals surface area contributed by atoms with E-state index < -0.39 is 6.09 Å². The highest BCUT2D eigenvalue weighted by Gasteiger charge is 2.09. The smallest absolute Gasteiger partial charge is 0.409 e. The molecule has 14 heavy (non-hydrogen) atoms. The van der Waals surface area contributed by atoms with Crippen molar-refractivity contribution in [2.45, 2.75) is 13.8 Å². The fraction of sp³-hybridized carbons (Fsp3) is 0.333. The third-order valence-electron chi connectivity index (χ3n) is 1.87. The lowest BCUT2D eigenvalue weighted by Crippen LogP contribution is -2.10. The summed E-state index contributed by atoms with van der Waals surface area (Å²) in [4.78, 5) is 14.5. The van der Waals surface area contributed by atoms with Gasteiger partial charge in [0, 0.05) is 5.69 Å². The van der Waals surface area contributed by atoms with E-state index in [0.29, 0.717) is 5.69 Å². The van der Waals surface area contributed by atoms with Crippen molar-refractivity contribution in [2.24, 2.45) is 0 Å². The number of aromatic nitrogens is 1. The monoisotopic (exact) mass is 196 g/mol. The van der Waals surface area contributed by atoms with Crippen LogP contribution >= 0.6 is 0 Å². The van der Waals surface area contributed by atoms with Crippen LogP contribution in [0.1, 0.15) is 11.3 Å². The number of carboxylic acid groups (broad SMARTS) is 1. The molecule has 0 saturated carbocycles. The van der Waals surface area contributed by atoms with Gasteiger partial charge in [0.25, 0.3) is 0 Å². The number of amides is 1. The number of hydrogen-bond acceptors (Lipinski definition) is 3. The number of carbonyl (C=O) groups is 1. The minimum Gasteiger partial charge on any atom is -0.480 e. The number of rotatable bonds is 2. The first-order chi connectivity index (χ1) is 6.54. The summed E-state index contributed by atoms with van der Waals surface area (Å²) in [6.45, 7) is 3.69. The molecule has 5 nitrogen and oxygen atoms in total. The van der Waals surface area contributed by atoms with E-state index in [9.17, 15) is 4.79 Å². The number of aryl methyl sites for hydroxylation is 2. The van der Waals surface area contributed by atoms with Crippen molar-refractivity contribution in [3.63, 3.8) is 0 Å². The van der Waals surface area contributed by atoms with Crippen molar-refractivity contribution >= 4 is 11.8 Å². The van der Waals surface area contributed by atoms with E-state index in [1.165, 1.54) is 7.11 Å². The first-order valence-electron chi connectivity index (χ1n) is 4.06. The second-order valence-corrected chi connectivity index (χ2v) is 2.88. The number of anilines is 1. The Balaban J connectivity index is 3.13. The molecule has 0 aromatic carbocycles. The van der Waals surface area contributed by atoms with Gasteiger partial charge in [0.1, 0.15) is 5.69 Å². The lowest BCUT2D eigenvalue weighted by atomic mass is 10.2. The number of ether oxygens (including phenoxy) is 1. The predicted octanol–water partition coefficient (Wildman–Crippen LogP) is 1.80. The Kier molecular flexibility index (Phi) is 2.91. The van der Waals surface area contributed by atoms with E-state index in [1.54, 1.807) is 6.07 Å². The standard InChI is InChI=1S/C9H12N2O3/c1-5-4-7(11-9(12)13)8(14-3)10-6(5)2/h4,11H,1-3H3,(H,12,13). The number of nitrogens with one attached hydrogen (secondary N) is 1. The molecule has 0 saturated heterocycles. The fourth-order valence-electron chi connectivity index (χ4n) is 1.04. The second kappa shape index (κ2) is 3.95. The molecule has 1 heterocycles. The third kappa shape index (κ3) is 2.12. The molecule has 0 unspecified atom stereocenters. The maximum atomic E-state index is 10.4. The summed E-state index contributed by atoms with van der Waals surface area (Å²) in [5, 5.41) is 10.8. The van der Waals surface area contributed by atoms with Crippen LogP contribution in [0.4, 0.5) is 10.5 Å². The molecule has 1 rings (SSSR count). The normalized spacial score (nSPS) is 9.64. The Morgan fingerprint density at radius 3 is 2.71 bits per heavy atom. The SMILES string of the molecule is COc1nc(C)c(C)cc1NC(=O)O. The molecule has 0 aliphatic carbocycles. The van der Waals surface area contributed by atoms with Crippen LogP contribution in [0.3, 0.4) is 0 Å². The summed E-state index contributed by atoms with van der Waals surface area (Å²) in [6.07, 6.45) is -1.13. The highest BCUT2D eigenvalue weighted by atomic mass is 16.5. The highest BCUT2D eigenvalue weighted by Crippen LogP contribution is 2.23. The van der Waals surface area contributed by atoms with Crippen molar-refractivity contribution in [2.75, 3.05) is 12.4 Å². The van der Waals surface area contributed by atoms with Crippen LogP contribution < -0.4 is 10.1 Å². The first kappa shape index (κ1) is 10.3.